The summed E-state index contributed by atoms with van der Waals surface area (Å²) >= 11 is 1.63. The third kappa shape index (κ3) is 1.88. The van der Waals surface area contributed by atoms with Crippen molar-refractivity contribution in [2.75, 3.05) is 5.73 Å². The smallest absolute Gasteiger partial charge is 0.203 e. The van der Waals surface area contributed by atoms with Gasteiger partial charge in [-0.2, -0.15) is 0 Å². The van der Waals surface area contributed by atoms with E-state index in [1.54, 1.807) is 17.5 Å². The number of nitrogen functional groups attached to an aromatic ring is 1. The third-order valence-corrected chi connectivity index (χ3v) is 4.12. The van der Waals surface area contributed by atoms with E-state index in [4.69, 9.17) is 5.73 Å². The molecule has 1 atom stereocenters. The Morgan fingerprint density at radius 2 is 2.21 bits per heavy atom. The molecule has 98 valence electrons. The van der Waals surface area contributed by atoms with E-state index in [0.29, 0.717) is 5.95 Å². The van der Waals surface area contributed by atoms with Gasteiger partial charge < -0.3 is 5.73 Å². The van der Waals surface area contributed by atoms with Crippen LogP contribution in [0.15, 0.2) is 23.8 Å². The number of aryl methyl sites for hydroxylation is 1. The molecule has 2 N–H and O–H groups in total. The average molecular weight is 273 g/mol. The van der Waals surface area contributed by atoms with Crippen molar-refractivity contribution in [3.63, 3.8) is 0 Å². The molecule has 3 heterocycles. The van der Waals surface area contributed by atoms with Crippen LogP contribution in [0.2, 0.25) is 0 Å². The molecule has 5 nitrogen and oxygen atoms in total. The number of imidazole rings is 1. The Morgan fingerprint density at radius 3 is 2.89 bits per heavy atom. The molecule has 0 aromatic carbocycles. The van der Waals surface area contributed by atoms with Crippen molar-refractivity contribution < 1.29 is 0 Å². The van der Waals surface area contributed by atoms with E-state index < -0.39 is 0 Å². The topological polar surface area (TPSA) is 69.6 Å². The van der Waals surface area contributed by atoms with Gasteiger partial charge >= 0.3 is 0 Å². The van der Waals surface area contributed by atoms with Crippen molar-refractivity contribution >= 4 is 28.4 Å². The van der Waals surface area contributed by atoms with E-state index in [2.05, 4.69) is 21.9 Å². The number of hydrogen-bond donors (Lipinski definition) is 1. The zero-order valence-electron chi connectivity index (χ0n) is 10.9. The lowest BCUT2D eigenvalue weighted by Gasteiger charge is -2.15. The van der Waals surface area contributed by atoms with Crippen LogP contribution in [0.1, 0.15) is 30.0 Å². The van der Waals surface area contributed by atoms with Gasteiger partial charge in [-0.3, -0.25) is 4.57 Å². The Bertz CT molecular complexity index is 701. The average Bonchev–Trinajstić information content (AvgIpc) is 3.01. The van der Waals surface area contributed by atoms with E-state index in [1.807, 2.05) is 29.1 Å². The molecular formula is C13H15N5S. The molecule has 6 heteroatoms. The summed E-state index contributed by atoms with van der Waals surface area (Å²) in [5.41, 5.74) is 8.88. The second kappa shape index (κ2) is 4.62. The lowest BCUT2D eigenvalue weighted by molar-refractivity contribution is 0.582. The molecule has 3 rings (SSSR count). The number of nitrogens with zero attached hydrogens (tertiary/aromatic N) is 4. The van der Waals surface area contributed by atoms with Crippen LogP contribution in [0, 0.1) is 6.92 Å². The highest BCUT2D eigenvalue weighted by Gasteiger charge is 2.21. The molecule has 0 fully saturated rings. The minimum absolute atomic E-state index is 0.0966. The SMILES string of the molecule is CCC(c1nccs1)n1c(N)nc2c(C)ccnc21. The minimum Gasteiger partial charge on any atom is -0.369 e. The fourth-order valence-electron chi connectivity index (χ4n) is 2.30. The number of aromatic nitrogens is 4. The molecule has 3 aromatic rings. The van der Waals surface area contributed by atoms with Gasteiger partial charge in [0.25, 0.3) is 0 Å². The van der Waals surface area contributed by atoms with E-state index >= 15 is 0 Å². The van der Waals surface area contributed by atoms with Gasteiger partial charge in [-0.25, -0.2) is 15.0 Å². The fourth-order valence-corrected chi connectivity index (χ4v) is 3.11. The quantitative estimate of drug-likeness (QED) is 0.796. The monoisotopic (exact) mass is 273 g/mol. The minimum atomic E-state index is 0.0966. The Morgan fingerprint density at radius 1 is 1.37 bits per heavy atom. The maximum atomic E-state index is 6.09. The van der Waals surface area contributed by atoms with Gasteiger partial charge in [0.2, 0.25) is 5.95 Å². The van der Waals surface area contributed by atoms with Crippen molar-refractivity contribution in [1.82, 2.24) is 19.5 Å². The number of nitrogens with two attached hydrogens (primary N) is 1. The van der Waals surface area contributed by atoms with E-state index in [9.17, 15) is 0 Å². The Kier molecular flexibility index (Phi) is 2.94. The first-order chi connectivity index (χ1) is 9.22. The molecule has 0 aliphatic heterocycles. The third-order valence-electron chi connectivity index (χ3n) is 3.24. The van der Waals surface area contributed by atoms with Gasteiger partial charge in [0.15, 0.2) is 5.65 Å². The maximum Gasteiger partial charge on any atom is 0.203 e. The largest absolute Gasteiger partial charge is 0.369 e. The fraction of sp³-hybridized carbons (Fsp3) is 0.308. The number of anilines is 1. The highest BCUT2D eigenvalue weighted by Crippen LogP contribution is 2.30. The number of rotatable bonds is 3. The first-order valence-electron chi connectivity index (χ1n) is 6.20. The first-order valence-corrected chi connectivity index (χ1v) is 7.08. The summed E-state index contributed by atoms with van der Waals surface area (Å²) in [6.45, 7) is 4.14. The van der Waals surface area contributed by atoms with E-state index in [1.165, 1.54) is 0 Å². The zero-order chi connectivity index (χ0) is 13.4. The number of hydrogen-bond acceptors (Lipinski definition) is 5. The van der Waals surface area contributed by atoms with E-state index in [-0.39, 0.29) is 6.04 Å². The van der Waals surface area contributed by atoms with Crippen molar-refractivity contribution in [2.24, 2.45) is 0 Å². The number of fused-ring (bicyclic) bond motifs is 1. The second-order valence-corrected chi connectivity index (χ2v) is 5.36. The Labute approximate surface area is 115 Å². The molecule has 0 radical (unpaired) electrons. The first kappa shape index (κ1) is 12.1. The standard InChI is InChI=1S/C13H15N5S/c1-3-9(12-16-6-7-19-12)18-11-10(17-13(18)14)8(2)4-5-15-11/h4-7,9H,3H2,1-2H3,(H2,14,17). The normalized spacial score (nSPS) is 12.9. The Balaban J connectivity index is 2.24. The molecule has 1 unspecified atom stereocenters. The van der Waals surface area contributed by atoms with Crippen molar-refractivity contribution in [3.8, 4) is 0 Å². The molecule has 0 aliphatic carbocycles. The highest BCUT2D eigenvalue weighted by atomic mass is 32.1. The van der Waals surface area contributed by atoms with Crippen LogP contribution >= 0.6 is 11.3 Å². The van der Waals surface area contributed by atoms with Crippen LogP contribution in [0.4, 0.5) is 5.95 Å². The van der Waals surface area contributed by atoms with Gasteiger partial charge in [-0.15, -0.1) is 11.3 Å². The molecule has 0 amide bonds. The highest BCUT2D eigenvalue weighted by molar-refractivity contribution is 7.09. The summed E-state index contributed by atoms with van der Waals surface area (Å²) in [4.78, 5) is 13.3. The maximum absolute atomic E-state index is 6.09. The number of thiazole rings is 1. The summed E-state index contributed by atoms with van der Waals surface area (Å²) in [6.07, 6.45) is 4.51. The van der Waals surface area contributed by atoms with Crippen molar-refractivity contribution in [1.29, 1.82) is 0 Å². The lowest BCUT2D eigenvalue weighted by Crippen LogP contribution is -2.12. The molecule has 0 spiro atoms. The van der Waals surface area contributed by atoms with Crippen LogP contribution in [-0.2, 0) is 0 Å². The van der Waals surface area contributed by atoms with E-state index in [0.717, 1.165) is 28.2 Å². The summed E-state index contributed by atoms with van der Waals surface area (Å²) in [6, 6.07) is 2.04. The van der Waals surface area contributed by atoms with Crippen LogP contribution in [-0.4, -0.2) is 19.5 Å². The summed E-state index contributed by atoms with van der Waals surface area (Å²) in [5, 5.41) is 3.02. The summed E-state index contributed by atoms with van der Waals surface area (Å²) in [5.74, 6) is 0.499. The summed E-state index contributed by atoms with van der Waals surface area (Å²) < 4.78 is 1.99. The second-order valence-electron chi connectivity index (χ2n) is 4.43. The van der Waals surface area contributed by atoms with Crippen molar-refractivity contribution in [2.45, 2.75) is 26.3 Å². The lowest BCUT2D eigenvalue weighted by atomic mass is 10.2. The van der Waals surface area contributed by atoms with Crippen LogP contribution < -0.4 is 5.73 Å². The molecule has 0 aliphatic rings. The number of pyridine rings is 1. The predicted molar refractivity (Wildman–Crippen MR) is 77.2 cm³/mol. The molecule has 3 aromatic heterocycles. The molecule has 0 saturated carbocycles. The van der Waals surface area contributed by atoms with Gasteiger partial charge in [0.05, 0.1) is 6.04 Å². The zero-order valence-corrected chi connectivity index (χ0v) is 11.7. The van der Waals surface area contributed by atoms with Crippen molar-refractivity contribution in [3.05, 3.63) is 34.4 Å². The van der Waals surface area contributed by atoms with Crippen LogP contribution in [0.25, 0.3) is 11.2 Å². The van der Waals surface area contributed by atoms with Gasteiger partial charge in [0.1, 0.15) is 10.5 Å². The van der Waals surface area contributed by atoms with Gasteiger partial charge in [-0.1, -0.05) is 6.92 Å². The predicted octanol–water partition coefficient (Wildman–Crippen LogP) is 2.78. The molecular weight excluding hydrogens is 258 g/mol. The molecule has 19 heavy (non-hydrogen) atoms. The molecule has 0 bridgehead atoms. The summed E-state index contributed by atoms with van der Waals surface area (Å²) in [7, 11) is 0. The van der Waals surface area contributed by atoms with Crippen LogP contribution in [0.3, 0.4) is 0 Å². The van der Waals surface area contributed by atoms with Gasteiger partial charge in [0, 0.05) is 17.8 Å². The van der Waals surface area contributed by atoms with Gasteiger partial charge in [-0.05, 0) is 25.0 Å². The van der Waals surface area contributed by atoms with Crippen LogP contribution in [0.5, 0.6) is 0 Å². The Hall–Kier alpha value is -1.95. The molecule has 0 saturated heterocycles.